The minimum Gasteiger partial charge on any atom is -0.329 e. The largest absolute Gasteiger partial charge is 0.329 e. The molecular weight excluding hydrogens is 234 g/mol. The second-order valence-electron chi connectivity index (χ2n) is 7.12. The van der Waals surface area contributed by atoms with Crippen LogP contribution >= 0.6 is 0 Å². The fourth-order valence-electron chi connectivity index (χ4n) is 3.78. The predicted octanol–water partition coefficient (Wildman–Crippen LogP) is 2.56. The summed E-state index contributed by atoms with van der Waals surface area (Å²) in [7, 11) is 4.32. The summed E-state index contributed by atoms with van der Waals surface area (Å²) in [5, 5.41) is 0. The average Bonchev–Trinajstić information content (AvgIpc) is 2.34. The van der Waals surface area contributed by atoms with E-state index in [0.29, 0.717) is 5.41 Å². The van der Waals surface area contributed by atoms with E-state index < -0.39 is 0 Å². The fraction of sp³-hybridized carbons (Fsp3) is 1.00. The maximum absolute atomic E-state index is 6.30. The summed E-state index contributed by atoms with van der Waals surface area (Å²) >= 11 is 0. The van der Waals surface area contributed by atoms with E-state index in [9.17, 15) is 0 Å². The number of rotatable bonds is 7. The van der Waals surface area contributed by atoms with Gasteiger partial charge < -0.3 is 10.6 Å². The van der Waals surface area contributed by atoms with Gasteiger partial charge in [-0.15, -0.1) is 0 Å². The van der Waals surface area contributed by atoms with Crippen molar-refractivity contribution in [2.75, 3.05) is 40.3 Å². The zero-order chi connectivity index (χ0) is 14.5. The van der Waals surface area contributed by atoms with Crippen LogP contribution in [0.25, 0.3) is 0 Å². The van der Waals surface area contributed by atoms with Crippen molar-refractivity contribution >= 4 is 0 Å². The van der Waals surface area contributed by atoms with Gasteiger partial charge in [0.1, 0.15) is 0 Å². The molecule has 0 aliphatic heterocycles. The highest BCUT2D eigenvalue weighted by Gasteiger charge is 2.48. The van der Waals surface area contributed by atoms with Crippen LogP contribution in [0, 0.1) is 5.41 Å². The van der Waals surface area contributed by atoms with E-state index in [1.54, 1.807) is 0 Å². The summed E-state index contributed by atoms with van der Waals surface area (Å²) < 4.78 is 0. The SMILES string of the molecule is CCCN(CCN(C)C)C1(CN)CCCCC1(C)C. The molecule has 114 valence electrons. The zero-order valence-electron chi connectivity index (χ0n) is 13.8. The highest BCUT2D eigenvalue weighted by molar-refractivity contribution is 5.05. The number of nitrogens with two attached hydrogens (primary N) is 1. The summed E-state index contributed by atoms with van der Waals surface area (Å²) in [6.07, 6.45) is 6.49. The van der Waals surface area contributed by atoms with Crippen molar-refractivity contribution in [3.05, 3.63) is 0 Å². The van der Waals surface area contributed by atoms with Crippen LogP contribution in [-0.2, 0) is 0 Å². The molecule has 0 aromatic carbocycles. The number of hydrogen-bond acceptors (Lipinski definition) is 3. The van der Waals surface area contributed by atoms with Crippen LogP contribution in [0.3, 0.4) is 0 Å². The van der Waals surface area contributed by atoms with Crippen LogP contribution in [0.5, 0.6) is 0 Å². The molecule has 1 aliphatic carbocycles. The van der Waals surface area contributed by atoms with E-state index in [1.165, 1.54) is 38.6 Å². The molecule has 0 aromatic rings. The monoisotopic (exact) mass is 269 g/mol. The lowest BCUT2D eigenvalue weighted by molar-refractivity contribution is -0.0461. The molecule has 0 amide bonds. The normalized spacial score (nSPS) is 27.2. The summed E-state index contributed by atoms with van der Waals surface area (Å²) in [6, 6.07) is 0. The third-order valence-electron chi connectivity index (χ3n) is 5.16. The second-order valence-corrected chi connectivity index (χ2v) is 7.12. The third kappa shape index (κ3) is 3.71. The van der Waals surface area contributed by atoms with Crippen LogP contribution < -0.4 is 5.73 Å². The predicted molar refractivity (Wildman–Crippen MR) is 84.5 cm³/mol. The van der Waals surface area contributed by atoms with E-state index in [0.717, 1.165) is 19.6 Å². The Balaban J connectivity index is 2.92. The van der Waals surface area contributed by atoms with Gasteiger partial charge in [-0.3, -0.25) is 4.90 Å². The summed E-state index contributed by atoms with van der Waals surface area (Å²) in [6.45, 7) is 11.4. The first kappa shape index (κ1) is 16.9. The molecule has 1 fully saturated rings. The summed E-state index contributed by atoms with van der Waals surface area (Å²) in [5.41, 5.74) is 6.84. The molecule has 1 atom stereocenters. The van der Waals surface area contributed by atoms with Crippen molar-refractivity contribution in [3.8, 4) is 0 Å². The zero-order valence-corrected chi connectivity index (χ0v) is 13.8. The molecule has 3 nitrogen and oxygen atoms in total. The molecule has 1 unspecified atom stereocenters. The lowest BCUT2D eigenvalue weighted by atomic mass is 9.62. The Kier molecular flexibility index (Phi) is 6.28. The molecule has 0 aromatic heterocycles. The van der Waals surface area contributed by atoms with Gasteiger partial charge in [0.25, 0.3) is 0 Å². The Morgan fingerprint density at radius 2 is 1.63 bits per heavy atom. The Morgan fingerprint density at radius 1 is 1.00 bits per heavy atom. The topological polar surface area (TPSA) is 32.5 Å². The molecular formula is C16H35N3. The van der Waals surface area contributed by atoms with Crippen LogP contribution in [-0.4, -0.2) is 55.6 Å². The Bertz CT molecular complexity index is 263. The van der Waals surface area contributed by atoms with E-state index in [-0.39, 0.29) is 5.54 Å². The third-order valence-corrected chi connectivity index (χ3v) is 5.16. The minimum absolute atomic E-state index is 0.206. The first-order valence-corrected chi connectivity index (χ1v) is 7.99. The molecule has 1 aliphatic rings. The van der Waals surface area contributed by atoms with Crippen molar-refractivity contribution in [1.82, 2.24) is 9.80 Å². The molecule has 0 bridgehead atoms. The molecule has 0 radical (unpaired) electrons. The molecule has 0 spiro atoms. The van der Waals surface area contributed by atoms with Crippen LogP contribution in [0.2, 0.25) is 0 Å². The van der Waals surface area contributed by atoms with Gasteiger partial charge in [-0.25, -0.2) is 0 Å². The van der Waals surface area contributed by atoms with E-state index >= 15 is 0 Å². The lowest BCUT2D eigenvalue weighted by Gasteiger charge is -2.56. The molecule has 0 saturated heterocycles. The van der Waals surface area contributed by atoms with Gasteiger partial charge >= 0.3 is 0 Å². The highest BCUT2D eigenvalue weighted by Crippen LogP contribution is 2.47. The quantitative estimate of drug-likeness (QED) is 0.771. The highest BCUT2D eigenvalue weighted by atomic mass is 15.2. The van der Waals surface area contributed by atoms with Crippen molar-refractivity contribution in [2.45, 2.75) is 58.4 Å². The van der Waals surface area contributed by atoms with Gasteiger partial charge in [0.15, 0.2) is 0 Å². The van der Waals surface area contributed by atoms with Gasteiger partial charge in [0.2, 0.25) is 0 Å². The molecule has 19 heavy (non-hydrogen) atoms. The van der Waals surface area contributed by atoms with Gasteiger partial charge in [-0.1, -0.05) is 33.6 Å². The minimum atomic E-state index is 0.206. The van der Waals surface area contributed by atoms with Gasteiger partial charge in [0, 0.05) is 25.2 Å². The molecule has 1 rings (SSSR count). The van der Waals surface area contributed by atoms with Gasteiger partial charge in [0.05, 0.1) is 0 Å². The van der Waals surface area contributed by atoms with Crippen molar-refractivity contribution in [2.24, 2.45) is 11.1 Å². The van der Waals surface area contributed by atoms with E-state index in [2.05, 4.69) is 44.7 Å². The Labute approximate surface area is 120 Å². The summed E-state index contributed by atoms with van der Waals surface area (Å²) in [4.78, 5) is 4.98. The Hall–Kier alpha value is -0.120. The number of nitrogens with zero attached hydrogens (tertiary/aromatic N) is 2. The van der Waals surface area contributed by atoms with Crippen molar-refractivity contribution in [1.29, 1.82) is 0 Å². The molecule has 0 heterocycles. The second kappa shape index (κ2) is 7.05. The van der Waals surface area contributed by atoms with E-state index in [1.807, 2.05) is 0 Å². The first-order chi connectivity index (χ1) is 8.89. The standard InChI is InChI=1S/C16H35N3/c1-6-11-19(13-12-18(4)5)16(14-17)10-8-7-9-15(16,2)3/h6-14,17H2,1-5H3. The van der Waals surface area contributed by atoms with Gasteiger partial charge in [-0.05, 0) is 45.3 Å². The van der Waals surface area contributed by atoms with Crippen LogP contribution in [0.15, 0.2) is 0 Å². The maximum Gasteiger partial charge on any atom is 0.0383 e. The number of hydrogen-bond donors (Lipinski definition) is 1. The molecule has 3 heteroatoms. The fourth-order valence-corrected chi connectivity index (χ4v) is 3.78. The van der Waals surface area contributed by atoms with Crippen LogP contribution in [0.4, 0.5) is 0 Å². The van der Waals surface area contributed by atoms with E-state index in [4.69, 9.17) is 5.73 Å². The smallest absolute Gasteiger partial charge is 0.0383 e. The lowest BCUT2D eigenvalue weighted by Crippen LogP contribution is -2.64. The van der Waals surface area contributed by atoms with Crippen LogP contribution in [0.1, 0.15) is 52.9 Å². The van der Waals surface area contributed by atoms with Crippen molar-refractivity contribution < 1.29 is 0 Å². The number of likely N-dealkylation sites (N-methyl/N-ethyl adjacent to an activating group) is 1. The summed E-state index contributed by atoms with van der Waals surface area (Å²) in [5.74, 6) is 0. The van der Waals surface area contributed by atoms with Crippen molar-refractivity contribution in [3.63, 3.8) is 0 Å². The molecule has 1 saturated carbocycles. The first-order valence-electron chi connectivity index (χ1n) is 7.99. The van der Waals surface area contributed by atoms with Gasteiger partial charge in [-0.2, -0.15) is 0 Å². The molecule has 2 N–H and O–H groups in total. The maximum atomic E-state index is 6.30. The average molecular weight is 269 g/mol. The Morgan fingerprint density at radius 3 is 2.11 bits per heavy atom.